The van der Waals surface area contributed by atoms with E-state index in [0.29, 0.717) is 17.4 Å². The van der Waals surface area contributed by atoms with E-state index in [-0.39, 0.29) is 5.41 Å². The highest BCUT2D eigenvalue weighted by atomic mass is 16.3. The molecule has 0 bridgehead atoms. The Hall–Kier alpha value is -0.0400. The number of aliphatic hydroxyl groups excluding tert-OH is 1. The normalized spacial score (nSPS) is 57.2. The molecule has 0 aliphatic heterocycles. The van der Waals surface area contributed by atoms with Gasteiger partial charge in [0, 0.05) is 6.61 Å². The van der Waals surface area contributed by atoms with Gasteiger partial charge in [-0.25, -0.2) is 0 Å². The van der Waals surface area contributed by atoms with Crippen molar-refractivity contribution < 1.29 is 5.11 Å². The number of aliphatic hydroxyl groups is 1. The smallest absolute Gasteiger partial charge is 0.0487 e. The third kappa shape index (κ3) is 1.21. The van der Waals surface area contributed by atoms with Crippen LogP contribution in [0.25, 0.3) is 0 Å². The standard InChI is InChI=1S/C15H26O/c1-13(2)10(6-12-8-15(12,13)4)5-11-7-14(11,3)9-16/h10-12,16H,5-9H2,1-4H3/t10?,11?,12?,14-,15-/m0/s1. The number of rotatable bonds is 3. The Morgan fingerprint density at radius 3 is 2.19 bits per heavy atom. The molecule has 0 saturated heterocycles. The average Bonchev–Trinajstić information content (AvgIpc) is 3.03. The Labute approximate surface area is 99.6 Å². The summed E-state index contributed by atoms with van der Waals surface area (Å²) in [5.41, 5.74) is 1.47. The summed E-state index contributed by atoms with van der Waals surface area (Å²) in [6, 6.07) is 0. The molecule has 3 aliphatic rings. The molecule has 0 radical (unpaired) electrons. The summed E-state index contributed by atoms with van der Waals surface area (Å²) < 4.78 is 0. The maximum Gasteiger partial charge on any atom is 0.0487 e. The Morgan fingerprint density at radius 2 is 1.75 bits per heavy atom. The fourth-order valence-electron chi connectivity index (χ4n) is 4.49. The molecule has 3 unspecified atom stereocenters. The minimum atomic E-state index is 0.282. The number of fused-ring (bicyclic) bond motifs is 1. The molecule has 3 fully saturated rings. The van der Waals surface area contributed by atoms with Gasteiger partial charge in [0.1, 0.15) is 0 Å². The summed E-state index contributed by atoms with van der Waals surface area (Å²) in [5.74, 6) is 2.74. The van der Waals surface area contributed by atoms with E-state index in [1.807, 2.05) is 0 Å². The molecule has 0 amide bonds. The third-order valence-corrected chi connectivity index (χ3v) is 6.94. The molecule has 1 heteroatoms. The van der Waals surface area contributed by atoms with E-state index in [2.05, 4.69) is 27.7 Å². The largest absolute Gasteiger partial charge is 0.396 e. The summed E-state index contributed by atoms with van der Waals surface area (Å²) in [6.07, 6.45) is 5.56. The van der Waals surface area contributed by atoms with Crippen LogP contribution in [0.15, 0.2) is 0 Å². The van der Waals surface area contributed by atoms with Crippen LogP contribution in [0.3, 0.4) is 0 Å². The van der Waals surface area contributed by atoms with E-state index in [0.717, 1.165) is 17.8 Å². The molecule has 0 spiro atoms. The predicted octanol–water partition coefficient (Wildman–Crippen LogP) is 3.47. The van der Waals surface area contributed by atoms with Gasteiger partial charge in [0.2, 0.25) is 0 Å². The highest BCUT2D eigenvalue weighted by molar-refractivity contribution is 5.16. The molecular weight excluding hydrogens is 196 g/mol. The van der Waals surface area contributed by atoms with E-state index in [1.54, 1.807) is 0 Å². The summed E-state index contributed by atoms with van der Waals surface area (Å²) in [6.45, 7) is 10.1. The van der Waals surface area contributed by atoms with Crippen LogP contribution in [-0.4, -0.2) is 11.7 Å². The Kier molecular flexibility index (Phi) is 1.98. The van der Waals surface area contributed by atoms with Gasteiger partial charge >= 0.3 is 0 Å². The van der Waals surface area contributed by atoms with Gasteiger partial charge in [-0.3, -0.25) is 0 Å². The molecule has 0 aromatic carbocycles. The Balaban J connectivity index is 1.66. The fraction of sp³-hybridized carbons (Fsp3) is 1.00. The average molecular weight is 222 g/mol. The fourth-order valence-corrected chi connectivity index (χ4v) is 4.49. The van der Waals surface area contributed by atoms with Crippen LogP contribution < -0.4 is 0 Å². The van der Waals surface area contributed by atoms with Crippen molar-refractivity contribution in [2.45, 2.75) is 53.4 Å². The maximum atomic E-state index is 9.35. The predicted molar refractivity (Wildman–Crippen MR) is 66.0 cm³/mol. The Morgan fingerprint density at radius 1 is 1.06 bits per heavy atom. The van der Waals surface area contributed by atoms with Gasteiger partial charge in [0.15, 0.2) is 0 Å². The second kappa shape index (κ2) is 2.85. The van der Waals surface area contributed by atoms with E-state index in [1.165, 1.54) is 25.7 Å². The van der Waals surface area contributed by atoms with Gasteiger partial charge in [-0.1, -0.05) is 27.7 Å². The van der Waals surface area contributed by atoms with Crippen LogP contribution in [0.4, 0.5) is 0 Å². The summed E-state index contributed by atoms with van der Waals surface area (Å²) in [5, 5.41) is 9.35. The van der Waals surface area contributed by atoms with Gasteiger partial charge in [0.05, 0.1) is 0 Å². The second-order valence-corrected chi connectivity index (χ2v) is 7.92. The molecule has 1 N–H and O–H groups in total. The molecule has 3 aliphatic carbocycles. The lowest BCUT2D eigenvalue weighted by atomic mass is 9.69. The van der Waals surface area contributed by atoms with Crippen LogP contribution in [0, 0.1) is 34.0 Å². The minimum Gasteiger partial charge on any atom is -0.396 e. The number of hydrogen-bond acceptors (Lipinski definition) is 1. The van der Waals surface area contributed by atoms with Crippen molar-refractivity contribution >= 4 is 0 Å². The first-order chi connectivity index (χ1) is 7.33. The molecule has 0 heterocycles. The summed E-state index contributed by atoms with van der Waals surface area (Å²) in [7, 11) is 0. The highest BCUT2D eigenvalue weighted by Gasteiger charge is 2.68. The quantitative estimate of drug-likeness (QED) is 0.775. The van der Waals surface area contributed by atoms with Crippen LogP contribution in [0.1, 0.15) is 53.4 Å². The van der Waals surface area contributed by atoms with E-state index in [4.69, 9.17) is 0 Å². The molecule has 16 heavy (non-hydrogen) atoms. The second-order valence-electron chi connectivity index (χ2n) is 7.92. The lowest BCUT2D eigenvalue weighted by molar-refractivity contribution is 0.126. The zero-order valence-corrected chi connectivity index (χ0v) is 11.2. The van der Waals surface area contributed by atoms with E-state index in [9.17, 15) is 5.11 Å². The molecule has 1 nitrogen and oxygen atoms in total. The lowest BCUT2D eigenvalue weighted by Gasteiger charge is -2.36. The highest BCUT2D eigenvalue weighted by Crippen LogP contribution is 2.75. The number of hydrogen-bond donors (Lipinski definition) is 1. The molecule has 5 atom stereocenters. The maximum absolute atomic E-state index is 9.35. The molecule has 92 valence electrons. The van der Waals surface area contributed by atoms with Crippen molar-refractivity contribution in [1.82, 2.24) is 0 Å². The van der Waals surface area contributed by atoms with Crippen molar-refractivity contribution in [3.63, 3.8) is 0 Å². The first kappa shape index (κ1) is 11.1. The van der Waals surface area contributed by atoms with Crippen LogP contribution in [0.2, 0.25) is 0 Å². The summed E-state index contributed by atoms with van der Waals surface area (Å²) in [4.78, 5) is 0. The first-order valence-electron chi connectivity index (χ1n) is 6.94. The van der Waals surface area contributed by atoms with Crippen molar-refractivity contribution in [2.24, 2.45) is 34.0 Å². The van der Waals surface area contributed by atoms with Crippen molar-refractivity contribution in [2.75, 3.05) is 6.61 Å². The molecular formula is C15H26O. The monoisotopic (exact) mass is 222 g/mol. The topological polar surface area (TPSA) is 20.2 Å². The first-order valence-corrected chi connectivity index (χ1v) is 6.94. The van der Waals surface area contributed by atoms with Gasteiger partial charge in [-0.05, 0) is 59.7 Å². The minimum absolute atomic E-state index is 0.282. The van der Waals surface area contributed by atoms with Gasteiger partial charge < -0.3 is 5.11 Å². The third-order valence-electron chi connectivity index (χ3n) is 6.94. The lowest BCUT2D eigenvalue weighted by Crippen LogP contribution is -2.28. The van der Waals surface area contributed by atoms with Gasteiger partial charge in [-0.15, -0.1) is 0 Å². The molecule has 0 aromatic rings. The van der Waals surface area contributed by atoms with Crippen LogP contribution >= 0.6 is 0 Å². The molecule has 0 aromatic heterocycles. The van der Waals surface area contributed by atoms with Crippen molar-refractivity contribution in [1.29, 1.82) is 0 Å². The van der Waals surface area contributed by atoms with Crippen molar-refractivity contribution in [3.05, 3.63) is 0 Å². The van der Waals surface area contributed by atoms with E-state index >= 15 is 0 Å². The summed E-state index contributed by atoms with van der Waals surface area (Å²) >= 11 is 0. The van der Waals surface area contributed by atoms with Crippen LogP contribution in [-0.2, 0) is 0 Å². The van der Waals surface area contributed by atoms with E-state index < -0.39 is 0 Å². The van der Waals surface area contributed by atoms with Gasteiger partial charge in [0.25, 0.3) is 0 Å². The van der Waals surface area contributed by atoms with Crippen molar-refractivity contribution in [3.8, 4) is 0 Å². The molecule has 3 rings (SSSR count). The zero-order chi connectivity index (χ0) is 11.8. The molecule has 3 saturated carbocycles. The zero-order valence-electron chi connectivity index (χ0n) is 11.2. The Bertz CT molecular complexity index is 321. The van der Waals surface area contributed by atoms with Gasteiger partial charge in [-0.2, -0.15) is 0 Å². The van der Waals surface area contributed by atoms with Crippen LogP contribution in [0.5, 0.6) is 0 Å². The SMILES string of the molecule is CC1(C)C(CC2C[C@@]2(C)CO)CC2C[C@@]21C.